The van der Waals surface area contributed by atoms with Crippen molar-refractivity contribution in [3.8, 4) is 5.69 Å². The van der Waals surface area contributed by atoms with E-state index in [1.54, 1.807) is 6.92 Å². The number of nitrogens with zero attached hydrogens (tertiary/aromatic N) is 3. The molecular weight excluding hydrogens is 420 g/mol. The quantitative estimate of drug-likeness (QED) is 0.559. The number of aromatic nitrogens is 2. The van der Waals surface area contributed by atoms with E-state index < -0.39 is 5.97 Å². The van der Waals surface area contributed by atoms with Gasteiger partial charge in [0.25, 0.3) is 0 Å². The lowest BCUT2D eigenvalue weighted by atomic mass is 9.96. The van der Waals surface area contributed by atoms with Crippen molar-refractivity contribution >= 4 is 34.9 Å². The van der Waals surface area contributed by atoms with Crippen molar-refractivity contribution in [2.24, 2.45) is 0 Å². The molecule has 0 radical (unpaired) electrons. The predicted octanol–water partition coefficient (Wildman–Crippen LogP) is 4.27. The molecule has 0 unspecified atom stereocenters. The molecule has 0 amide bonds. The summed E-state index contributed by atoms with van der Waals surface area (Å²) >= 11 is 11.8. The van der Waals surface area contributed by atoms with Crippen molar-refractivity contribution in [2.75, 3.05) is 13.2 Å². The molecule has 1 aromatic carbocycles. The molecule has 1 fully saturated rings. The number of nitrogens with one attached hydrogen (secondary N) is 1. The van der Waals surface area contributed by atoms with Gasteiger partial charge in [-0.1, -0.05) is 30.9 Å². The minimum atomic E-state index is -0.394. The molecule has 2 heterocycles. The highest BCUT2D eigenvalue weighted by Crippen LogP contribution is 2.27. The number of fused-ring (bicyclic) bond motifs is 1. The lowest BCUT2D eigenvalue weighted by Gasteiger charge is -2.33. The van der Waals surface area contributed by atoms with E-state index in [1.807, 2.05) is 28.9 Å². The summed E-state index contributed by atoms with van der Waals surface area (Å²) in [4.78, 5) is 14.8. The molecule has 0 bridgehead atoms. The number of carbonyl (C=O) groups excluding carboxylic acids is 1. The maximum absolute atomic E-state index is 12.6. The Balaban J connectivity index is 1.60. The van der Waals surface area contributed by atoms with Gasteiger partial charge >= 0.3 is 5.97 Å². The van der Waals surface area contributed by atoms with Crippen LogP contribution in [0, 0.1) is 0 Å². The summed E-state index contributed by atoms with van der Waals surface area (Å²) in [5, 5.41) is 9.59. The Kier molecular flexibility index (Phi) is 6.58. The van der Waals surface area contributed by atoms with Crippen LogP contribution < -0.4 is 5.32 Å². The molecule has 1 N–H and O–H groups in total. The van der Waals surface area contributed by atoms with Gasteiger partial charge in [-0.05, 0) is 56.2 Å². The summed E-state index contributed by atoms with van der Waals surface area (Å²) in [5.41, 5.74) is 3.16. The molecule has 160 valence electrons. The normalized spacial score (nSPS) is 16.8. The first kappa shape index (κ1) is 21.1. The Hall–Kier alpha value is -2.12. The van der Waals surface area contributed by atoms with Gasteiger partial charge in [-0.25, -0.2) is 9.48 Å². The molecule has 2 aromatic rings. The number of carbonyl (C=O) groups is 1. The van der Waals surface area contributed by atoms with Crippen LogP contribution in [-0.2, 0) is 17.7 Å². The van der Waals surface area contributed by atoms with Crippen LogP contribution in [0.25, 0.3) is 5.69 Å². The Labute approximate surface area is 187 Å². The van der Waals surface area contributed by atoms with E-state index in [0.717, 1.165) is 35.0 Å². The van der Waals surface area contributed by atoms with Crippen LogP contribution in [0.1, 0.15) is 60.8 Å². The first-order valence-corrected chi connectivity index (χ1v) is 11.4. The zero-order chi connectivity index (χ0) is 21.1. The van der Waals surface area contributed by atoms with E-state index in [0.29, 0.717) is 29.9 Å². The highest BCUT2D eigenvalue weighted by atomic mass is 35.5. The van der Waals surface area contributed by atoms with Crippen LogP contribution >= 0.6 is 23.8 Å². The summed E-state index contributed by atoms with van der Waals surface area (Å²) in [7, 11) is 0. The van der Waals surface area contributed by atoms with Gasteiger partial charge in [0.2, 0.25) is 0 Å². The molecule has 8 heteroatoms. The molecule has 0 saturated heterocycles. The second-order valence-corrected chi connectivity index (χ2v) is 8.66. The highest BCUT2D eigenvalue weighted by molar-refractivity contribution is 7.80. The number of halogens is 1. The van der Waals surface area contributed by atoms with Gasteiger partial charge in [-0.2, -0.15) is 5.10 Å². The molecule has 4 rings (SSSR count). The third-order valence-corrected chi connectivity index (χ3v) is 6.45. The lowest BCUT2D eigenvalue weighted by molar-refractivity contribution is 0.0517. The summed E-state index contributed by atoms with van der Waals surface area (Å²) in [5.74, 6) is -0.394. The van der Waals surface area contributed by atoms with Gasteiger partial charge < -0.3 is 15.0 Å². The maximum atomic E-state index is 12.6. The molecule has 30 heavy (non-hydrogen) atoms. The van der Waals surface area contributed by atoms with E-state index in [2.05, 4.69) is 15.3 Å². The largest absolute Gasteiger partial charge is 0.461 e. The molecular formula is C22H27ClN4O2S. The minimum absolute atomic E-state index is 0.312. The van der Waals surface area contributed by atoms with Gasteiger partial charge in [0.15, 0.2) is 10.8 Å². The first-order chi connectivity index (χ1) is 14.6. The zero-order valence-electron chi connectivity index (χ0n) is 17.2. The van der Waals surface area contributed by atoms with Crippen LogP contribution in [0.2, 0.25) is 5.02 Å². The number of hydrogen-bond acceptors (Lipinski definition) is 4. The molecule has 2 aliphatic rings. The summed E-state index contributed by atoms with van der Waals surface area (Å²) < 4.78 is 7.12. The third-order valence-electron chi connectivity index (χ3n) is 5.82. The molecule has 0 atom stereocenters. The van der Waals surface area contributed by atoms with Crippen molar-refractivity contribution < 1.29 is 9.53 Å². The fraction of sp³-hybridized carbons (Fsp3) is 0.500. The summed E-state index contributed by atoms with van der Waals surface area (Å²) in [6.07, 6.45) is 6.90. The minimum Gasteiger partial charge on any atom is -0.461 e. The van der Waals surface area contributed by atoms with Crippen LogP contribution in [0.5, 0.6) is 0 Å². The zero-order valence-corrected chi connectivity index (χ0v) is 18.8. The smallest absolute Gasteiger partial charge is 0.359 e. The number of ether oxygens (including phenoxy) is 1. The van der Waals surface area contributed by atoms with Crippen molar-refractivity contribution in [3.05, 3.63) is 46.2 Å². The van der Waals surface area contributed by atoms with E-state index in [9.17, 15) is 4.79 Å². The molecule has 0 spiro atoms. The van der Waals surface area contributed by atoms with Crippen molar-refractivity contribution in [3.63, 3.8) is 0 Å². The maximum Gasteiger partial charge on any atom is 0.359 e. The average Bonchev–Trinajstić information content (AvgIpc) is 3.14. The van der Waals surface area contributed by atoms with Crippen molar-refractivity contribution in [1.29, 1.82) is 0 Å². The SMILES string of the molecule is CCOC(=O)c1nn(-c2ccc(Cl)cc2)c2c1CN(C(=S)NC1CCCCC1)CC2. The highest BCUT2D eigenvalue weighted by Gasteiger charge is 2.30. The van der Waals surface area contributed by atoms with Crippen LogP contribution in [0.3, 0.4) is 0 Å². The molecule has 6 nitrogen and oxygen atoms in total. The molecule has 1 saturated carbocycles. The van der Waals surface area contributed by atoms with Gasteiger partial charge in [0, 0.05) is 36.1 Å². The number of benzene rings is 1. The van der Waals surface area contributed by atoms with E-state index >= 15 is 0 Å². The van der Waals surface area contributed by atoms with E-state index in [1.165, 1.54) is 32.1 Å². The van der Waals surface area contributed by atoms with E-state index in [-0.39, 0.29) is 0 Å². The Morgan fingerprint density at radius 1 is 1.27 bits per heavy atom. The van der Waals surface area contributed by atoms with E-state index in [4.69, 9.17) is 28.6 Å². The number of rotatable bonds is 4. The van der Waals surface area contributed by atoms with Gasteiger partial charge in [-0.3, -0.25) is 0 Å². The van der Waals surface area contributed by atoms with Gasteiger partial charge in [0.1, 0.15) is 0 Å². The van der Waals surface area contributed by atoms with Gasteiger partial charge in [-0.15, -0.1) is 0 Å². The van der Waals surface area contributed by atoms with Crippen LogP contribution in [0.15, 0.2) is 24.3 Å². The molecule has 1 aliphatic heterocycles. The van der Waals surface area contributed by atoms with Crippen molar-refractivity contribution in [2.45, 2.75) is 58.0 Å². The second kappa shape index (κ2) is 9.35. The van der Waals surface area contributed by atoms with Crippen LogP contribution in [-0.4, -0.2) is 45.0 Å². The Bertz CT molecular complexity index is 922. The molecule has 1 aliphatic carbocycles. The third kappa shape index (κ3) is 4.47. The number of esters is 1. The fourth-order valence-electron chi connectivity index (χ4n) is 4.26. The van der Waals surface area contributed by atoms with Crippen molar-refractivity contribution in [1.82, 2.24) is 20.0 Å². The first-order valence-electron chi connectivity index (χ1n) is 10.7. The second-order valence-electron chi connectivity index (χ2n) is 7.84. The monoisotopic (exact) mass is 446 g/mol. The topological polar surface area (TPSA) is 59.4 Å². The molecule has 1 aromatic heterocycles. The number of thiocarbonyl (C=S) groups is 1. The number of hydrogen-bond donors (Lipinski definition) is 1. The fourth-order valence-corrected chi connectivity index (χ4v) is 4.71. The predicted molar refractivity (Wildman–Crippen MR) is 121 cm³/mol. The Morgan fingerprint density at radius 2 is 2.00 bits per heavy atom. The standard InChI is InChI=1S/C22H27ClN4O2S/c1-2-29-21(28)20-18-14-26(22(30)24-16-6-4-3-5-7-16)13-12-19(18)27(25-20)17-10-8-15(23)9-11-17/h8-11,16H,2-7,12-14H2,1H3,(H,24,30). The lowest BCUT2D eigenvalue weighted by Crippen LogP contribution is -2.47. The average molecular weight is 447 g/mol. The summed E-state index contributed by atoms with van der Waals surface area (Å²) in [6, 6.07) is 7.92. The summed E-state index contributed by atoms with van der Waals surface area (Å²) in [6.45, 7) is 3.45. The Morgan fingerprint density at radius 3 is 2.70 bits per heavy atom. The van der Waals surface area contributed by atoms with Gasteiger partial charge in [0.05, 0.1) is 18.0 Å². The van der Waals surface area contributed by atoms with Crippen LogP contribution in [0.4, 0.5) is 0 Å².